The van der Waals surface area contributed by atoms with E-state index < -0.39 is 0 Å². The summed E-state index contributed by atoms with van der Waals surface area (Å²) in [7, 11) is 3.29. The van der Waals surface area contributed by atoms with Gasteiger partial charge in [-0.05, 0) is 24.1 Å². The molecule has 0 saturated heterocycles. The van der Waals surface area contributed by atoms with Gasteiger partial charge in [-0.1, -0.05) is 24.8 Å². The van der Waals surface area contributed by atoms with Crippen molar-refractivity contribution in [3.8, 4) is 11.5 Å². The van der Waals surface area contributed by atoms with Gasteiger partial charge in [0, 0.05) is 11.8 Å². The van der Waals surface area contributed by atoms with Gasteiger partial charge in [0.2, 0.25) is 0 Å². The zero-order chi connectivity index (χ0) is 13.7. The lowest BCUT2D eigenvalue weighted by Gasteiger charge is -2.11. The Bertz CT molecular complexity index is 463. The lowest BCUT2D eigenvalue weighted by molar-refractivity contribution is 0.354. The first-order valence-corrected chi connectivity index (χ1v) is 7.30. The molecule has 1 aromatic rings. The van der Waals surface area contributed by atoms with Crippen LogP contribution in [0.25, 0.3) is 0 Å². The maximum Gasteiger partial charge on any atom is 0.161 e. The van der Waals surface area contributed by atoms with E-state index in [-0.39, 0.29) is 0 Å². The summed E-state index contributed by atoms with van der Waals surface area (Å²) in [4.78, 5) is 4.49. The second-order valence-corrected chi connectivity index (χ2v) is 5.63. The molecule has 104 valence electrons. The van der Waals surface area contributed by atoms with Crippen LogP contribution in [0.1, 0.15) is 18.9 Å². The quantitative estimate of drug-likeness (QED) is 0.900. The highest BCUT2D eigenvalue weighted by molar-refractivity contribution is 8.14. The van der Waals surface area contributed by atoms with Crippen molar-refractivity contribution >= 4 is 16.9 Å². The number of hydrogen-bond acceptors (Lipinski definition) is 5. The number of nitrogens with zero attached hydrogens (tertiary/aromatic N) is 1. The molecule has 0 fully saturated rings. The number of hydrogen-bond donors (Lipinski definition) is 1. The van der Waals surface area contributed by atoms with Crippen LogP contribution in [0.4, 0.5) is 0 Å². The van der Waals surface area contributed by atoms with Gasteiger partial charge in [0.25, 0.3) is 0 Å². The molecule has 1 aromatic carbocycles. The molecule has 1 heterocycles. The van der Waals surface area contributed by atoms with Crippen LogP contribution >= 0.6 is 11.8 Å². The van der Waals surface area contributed by atoms with Gasteiger partial charge in [0.15, 0.2) is 16.7 Å². The first-order valence-electron chi connectivity index (χ1n) is 6.42. The van der Waals surface area contributed by atoms with Crippen molar-refractivity contribution in [3.05, 3.63) is 23.8 Å². The third-order valence-electron chi connectivity index (χ3n) is 3.06. The van der Waals surface area contributed by atoms with Crippen molar-refractivity contribution in [1.29, 1.82) is 0 Å². The Labute approximate surface area is 118 Å². The Hall–Kier alpha value is -1.36. The van der Waals surface area contributed by atoms with Crippen LogP contribution in [0.2, 0.25) is 0 Å². The summed E-state index contributed by atoms with van der Waals surface area (Å²) in [6, 6.07) is 5.95. The third kappa shape index (κ3) is 3.56. The van der Waals surface area contributed by atoms with E-state index >= 15 is 0 Å². The third-order valence-corrected chi connectivity index (χ3v) is 4.38. The summed E-state index contributed by atoms with van der Waals surface area (Å²) in [5.74, 6) is 1.51. The molecule has 19 heavy (non-hydrogen) atoms. The first-order chi connectivity index (χ1) is 9.26. The molecule has 0 spiro atoms. The summed E-state index contributed by atoms with van der Waals surface area (Å²) in [5, 5.41) is 5.04. The van der Waals surface area contributed by atoms with E-state index in [0.29, 0.717) is 5.25 Å². The van der Waals surface area contributed by atoms with Gasteiger partial charge in [-0.15, -0.1) is 0 Å². The van der Waals surface area contributed by atoms with Crippen LogP contribution in [0.15, 0.2) is 23.2 Å². The predicted molar refractivity (Wildman–Crippen MR) is 80.4 cm³/mol. The molecule has 5 heteroatoms. The van der Waals surface area contributed by atoms with Gasteiger partial charge in [-0.2, -0.15) is 0 Å². The minimum atomic E-state index is 0.632. The van der Waals surface area contributed by atoms with E-state index in [4.69, 9.17) is 9.47 Å². The Kier molecular flexibility index (Phi) is 4.96. The molecular formula is C14H20N2O2S. The van der Waals surface area contributed by atoms with E-state index in [1.807, 2.05) is 30.0 Å². The molecule has 0 saturated carbocycles. The molecule has 1 aliphatic rings. The monoisotopic (exact) mass is 280 g/mol. The summed E-state index contributed by atoms with van der Waals surface area (Å²) < 4.78 is 10.5. The standard InChI is InChI=1S/C14H20N2O2S/c1-4-11-9-16-14(19-11)15-8-10-5-6-12(17-2)13(7-10)18-3/h5-7,11H,4,8-9H2,1-3H3,(H,15,16). The number of methoxy groups -OCH3 is 2. The highest BCUT2D eigenvalue weighted by Crippen LogP contribution is 2.28. The van der Waals surface area contributed by atoms with E-state index in [0.717, 1.165) is 41.7 Å². The number of rotatable bonds is 5. The molecule has 1 N–H and O–H groups in total. The van der Waals surface area contributed by atoms with Gasteiger partial charge in [-0.25, -0.2) is 0 Å². The fourth-order valence-corrected chi connectivity index (χ4v) is 2.83. The maximum atomic E-state index is 5.29. The lowest BCUT2D eigenvalue weighted by atomic mass is 10.2. The SMILES string of the molecule is CCC1CN=C(NCc2ccc(OC)c(OC)c2)S1. The second kappa shape index (κ2) is 6.70. The van der Waals surface area contributed by atoms with Crippen LogP contribution in [-0.4, -0.2) is 31.2 Å². The number of amidine groups is 1. The highest BCUT2D eigenvalue weighted by Gasteiger charge is 2.17. The number of thioether (sulfide) groups is 1. The fraction of sp³-hybridized carbons (Fsp3) is 0.500. The summed E-state index contributed by atoms with van der Waals surface area (Å²) in [5.41, 5.74) is 1.15. The van der Waals surface area contributed by atoms with Crippen LogP contribution < -0.4 is 14.8 Å². The van der Waals surface area contributed by atoms with Crippen molar-refractivity contribution < 1.29 is 9.47 Å². The Balaban J connectivity index is 1.93. The van der Waals surface area contributed by atoms with Gasteiger partial charge in [-0.3, -0.25) is 4.99 Å². The lowest BCUT2D eigenvalue weighted by Crippen LogP contribution is -2.18. The molecule has 4 nitrogen and oxygen atoms in total. The zero-order valence-corrected chi connectivity index (χ0v) is 12.4. The maximum absolute atomic E-state index is 5.29. The molecule has 0 aliphatic carbocycles. The average Bonchev–Trinajstić information content (AvgIpc) is 2.92. The molecule has 2 rings (SSSR count). The van der Waals surface area contributed by atoms with Crippen molar-refractivity contribution in [2.75, 3.05) is 20.8 Å². The first kappa shape index (κ1) is 14.1. The zero-order valence-electron chi connectivity index (χ0n) is 11.6. The van der Waals surface area contributed by atoms with Crippen LogP contribution in [0.5, 0.6) is 11.5 Å². The second-order valence-electron chi connectivity index (χ2n) is 4.34. The van der Waals surface area contributed by atoms with Crippen molar-refractivity contribution in [2.45, 2.75) is 25.1 Å². The summed E-state index contributed by atoms with van der Waals surface area (Å²) in [6.45, 7) is 3.88. The molecule has 0 amide bonds. The van der Waals surface area contributed by atoms with Gasteiger partial charge < -0.3 is 14.8 Å². The van der Waals surface area contributed by atoms with Gasteiger partial charge in [0.1, 0.15) is 0 Å². The van der Waals surface area contributed by atoms with Gasteiger partial charge in [0.05, 0.1) is 20.8 Å². The number of aliphatic imine (C=N–C) groups is 1. The molecular weight excluding hydrogens is 260 g/mol. The number of benzene rings is 1. The normalized spacial score (nSPS) is 18.1. The van der Waals surface area contributed by atoms with E-state index in [9.17, 15) is 0 Å². The van der Waals surface area contributed by atoms with Crippen molar-refractivity contribution in [1.82, 2.24) is 5.32 Å². The highest BCUT2D eigenvalue weighted by atomic mass is 32.2. The Morgan fingerprint density at radius 1 is 1.32 bits per heavy atom. The van der Waals surface area contributed by atoms with E-state index in [1.54, 1.807) is 14.2 Å². The predicted octanol–water partition coefficient (Wildman–Crippen LogP) is 2.67. The van der Waals surface area contributed by atoms with Crippen molar-refractivity contribution in [2.24, 2.45) is 4.99 Å². The minimum Gasteiger partial charge on any atom is -0.493 e. The number of ether oxygens (including phenoxy) is 2. The molecule has 1 atom stereocenters. The fourth-order valence-electron chi connectivity index (χ4n) is 1.90. The Morgan fingerprint density at radius 3 is 2.74 bits per heavy atom. The molecule has 1 unspecified atom stereocenters. The van der Waals surface area contributed by atoms with E-state index in [1.165, 1.54) is 0 Å². The van der Waals surface area contributed by atoms with Crippen LogP contribution in [0, 0.1) is 0 Å². The largest absolute Gasteiger partial charge is 0.493 e. The number of nitrogens with one attached hydrogen (secondary N) is 1. The average molecular weight is 280 g/mol. The topological polar surface area (TPSA) is 42.9 Å². The molecule has 0 radical (unpaired) electrons. The van der Waals surface area contributed by atoms with Crippen LogP contribution in [0.3, 0.4) is 0 Å². The summed E-state index contributed by atoms with van der Waals surface area (Å²) in [6.07, 6.45) is 1.16. The Morgan fingerprint density at radius 2 is 2.11 bits per heavy atom. The van der Waals surface area contributed by atoms with Crippen molar-refractivity contribution in [3.63, 3.8) is 0 Å². The minimum absolute atomic E-state index is 0.632. The molecule has 0 aromatic heterocycles. The van der Waals surface area contributed by atoms with Crippen LogP contribution in [-0.2, 0) is 6.54 Å². The smallest absolute Gasteiger partial charge is 0.161 e. The van der Waals surface area contributed by atoms with Gasteiger partial charge >= 0.3 is 0 Å². The summed E-state index contributed by atoms with van der Waals surface area (Å²) >= 11 is 1.83. The molecule has 1 aliphatic heterocycles. The molecule has 0 bridgehead atoms. The van der Waals surface area contributed by atoms with E-state index in [2.05, 4.69) is 17.2 Å².